The summed E-state index contributed by atoms with van der Waals surface area (Å²) < 4.78 is 7.27. The molecule has 4 nitrogen and oxygen atoms in total. The fraction of sp³-hybridized carbons (Fsp3) is 0.158. The van der Waals surface area contributed by atoms with E-state index in [1.54, 1.807) is 17.9 Å². The lowest BCUT2D eigenvalue weighted by atomic mass is 10.1. The Morgan fingerprint density at radius 3 is 2.35 bits per heavy atom. The summed E-state index contributed by atoms with van der Waals surface area (Å²) in [7, 11) is 1.64. The highest BCUT2D eigenvalue weighted by molar-refractivity contribution is 5.71. The van der Waals surface area contributed by atoms with E-state index in [0.717, 1.165) is 28.3 Å². The van der Waals surface area contributed by atoms with Crippen LogP contribution in [0.3, 0.4) is 0 Å². The van der Waals surface area contributed by atoms with Crippen molar-refractivity contribution in [1.29, 1.82) is 5.26 Å². The van der Waals surface area contributed by atoms with Crippen LogP contribution in [0.15, 0.2) is 48.5 Å². The summed E-state index contributed by atoms with van der Waals surface area (Å²) in [6.07, 6.45) is 0. The van der Waals surface area contributed by atoms with Crippen LogP contribution in [-0.2, 0) is 0 Å². The lowest BCUT2D eigenvalue weighted by Crippen LogP contribution is -2.00. The third-order valence-electron chi connectivity index (χ3n) is 3.73. The number of benzene rings is 2. The molecule has 3 rings (SSSR count). The average Bonchev–Trinajstić information content (AvgIpc) is 2.99. The Kier molecular flexibility index (Phi) is 3.86. The first-order valence-corrected chi connectivity index (χ1v) is 7.34. The van der Waals surface area contributed by atoms with E-state index in [2.05, 4.69) is 11.2 Å². The Morgan fingerprint density at radius 1 is 1.00 bits per heavy atom. The SMILES string of the molecule is COc1ccc(C)cc1-c1cc(C#N)nn1-c1ccc(C)cc1. The van der Waals surface area contributed by atoms with Crippen LogP contribution in [0.25, 0.3) is 16.9 Å². The molecule has 0 saturated heterocycles. The van der Waals surface area contributed by atoms with E-state index in [-0.39, 0.29) is 0 Å². The van der Waals surface area contributed by atoms with Gasteiger partial charge in [-0.25, -0.2) is 4.68 Å². The van der Waals surface area contributed by atoms with Gasteiger partial charge in [0.1, 0.15) is 11.8 Å². The zero-order chi connectivity index (χ0) is 16.4. The highest BCUT2D eigenvalue weighted by Crippen LogP contribution is 2.32. The lowest BCUT2D eigenvalue weighted by molar-refractivity contribution is 0.416. The van der Waals surface area contributed by atoms with Crippen molar-refractivity contribution in [2.24, 2.45) is 0 Å². The number of nitriles is 1. The Labute approximate surface area is 135 Å². The topological polar surface area (TPSA) is 50.8 Å². The molecule has 23 heavy (non-hydrogen) atoms. The summed E-state index contributed by atoms with van der Waals surface area (Å²) in [6.45, 7) is 4.07. The summed E-state index contributed by atoms with van der Waals surface area (Å²) in [4.78, 5) is 0. The van der Waals surface area contributed by atoms with Gasteiger partial charge in [0, 0.05) is 11.6 Å². The van der Waals surface area contributed by atoms with Crippen LogP contribution >= 0.6 is 0 Å². The minimum atomic E-state index is 0.379. The number of rotatable bonds is 3. The molecule has 3 aromatic rings. The summed E-state index contributed by atoms with van der Waals surface area (Å²) in [5.74, 6) is 0.758. The first kappa shape index (κ1) is 14.9. The van der Waals surface area contributed by atoms with Crippen molar-refractivity contribution < 1.29 is 4.74 Å². The van der Waals surface area contributed by atoms with Crippen molar-refractivity contribution in [3.05, 3.63) is 65.4 Å². The van der Waals surface area contributed by atoms with Gasteiger partial charge in [0.05, 0.1) is 18.5 Å². The van der Waals surface area contributed by atoms with Gasteiger partial charge in [-0.1, -0.05) is 29.3 Å². The smallest absolute Gasteiger partial charge is 0.163 e. The minimum Gasteiger partial charge on any atom is -0.496 e. The zero-order valence-electron chi connectivity index (χ0n) is 13.4. The van der Waals surface area contributed by atoms with E-state index < -0.39 is 0 Å². The second-order valence-corrected chi connectivity index (χ2v) is 5.48. The molecular formula is C19H17N3O. The van der Waals surface area contributed by atoms with Gasteiger partial charge in [0.2, 0.25) is 0 Å². The van der Waals surface area contributed by atoms with E-state index in [1.807, 2.05) is 56.3 Å². The quantitative estimate of drug-likeness (QED) is 0.734. The largest absolute Gasteiger partial charge is 0.496 e. The van der Waals surface area contributed by atoms with Crippen LogP contribution in [0, 0.1) is 25.2 Å². The van der Waals surface area contributed by atoms with Crippen LogP contribution < -0.4 is 4.74 Å². The summed E-state index contributed by atoms with van der Waals surface area (Å²) >= 11 is 0. The molecule has 0 saturated carbocycles. The fourth-order valence-electron chi connectivity index (χ4n) is 2.53. The number of aryl methyl sites for hydroxylation is 2. The molecule has 2 aromatic carbocycles. The van der Waals surface area contributed by atoms with Crippen LogP contribution in [0.1, 0.15) is 16.8 Å². The molecule has 0 N–H and O–H groups in total. The standard InChI is InChI=1S/C19H17N3O/c1-13-4-7-16(8-5-13)22-18(11-15(12-20)21-22)17-10-14(2)6-9-19(17)23-3/h4-11H,1-3H3. The third-order valence-corrected chi connectivity index (χ3v) is 3.73. The Balaban J connectivity index is 2.24. The second kappa shape index (κ2) is 5.98. The van der Waals surface area contributed by atoms with Gasteiger partial charge in [0.25, 0.3) is 0 Å². The van der Waals surface area contributed by atoms with E-state index >= 15 is 0 Å². The van der Waals surface area contributed by atoms with Gasteiger partial charge in [-0.3, -0.25) is 0 Å². The van der Waals surface area contributed by atoms with Crippen molar-refractivity contribution in [2.45, 2.75) is 13.8 Å². The number of hydrogen-bond acceptors (Lipinski definition) is 3. The Morgan fingerprint density at radius 2 is 1.70 bits per heavy atom. The molecule has 114 valence electrons. The molecule has 0 aliphatic rings. The monoisotopic (exact) mass is 303 g/mol. The molecule has 0 bridgehead atoms. The van der Waals surface area contributed by atoms with E-state index in [0.29, 0.717) is 5.69 Å². The Bertz CT molecular complexity index is 886. The molecule has 1 aromatic heterocycles. The molecule has 4 heteroatoms. The summed E-state index contributed by atoms with van der Waals surface area (Å²) in [5.41, 5.74) is 5.35. The molecule has 1 heterocycles. The van der Waals surface area contributed by atoms with Gasteiger partial charge >= 0.3 is 0 Å². The van der Waals surface area contributed by atoms with Crippen LogP contribution in [0.2, 0.25) is 0 Å². The molecule has 0 amide bonds. The van der Waals surface area contributed by atoms with Crippen LogP contribution in [0.4, 0.5) is 0 Å². The summed E-state index contributed by atoms with van der Waals surface area (Å²) in [6, 6.07) is 17.9. The van der Waals surface area contributed by atoms with Gasteiger partial charge in [-0.2, -0.15) is 10.4 Å². The van der Waals surface area contributed by atoms with Crippen LogP contribution in [-0.4, -0.2) is 16.9 Å². The second-order valence-electron chi connectivity index (χ2n) is 5.48. The van der Waals surface area contributed by atoms with Crippen LogP contribution in [0.5, 0.6) is 5.75 Å². The molecule has 0 radical (unpaired) electrons. The lowest BCUT2D eigenvalue weighted by Gasteiger charge is -2.12. The van der Waals surface area contributed by atoms with Gasteiger partial charge < -0.3 is 4.74 Å². The molecule has 0 aliphatic carbocycles. The van der Waals surface area contributed by atoms with E-state index in [1.165, 1.54) is 5.56 Å². The van der Waals surface area contributed by atoms with Gasteiger partial charge in [0.15, 0.2) is 5.69 Å². The predicted molar refractivity (Wildman–Crippen MR) is 89.7 cm³/mol. The number of aromatic nitrogens is 2. The van der Waals surface area contributed by atoms with Crippen molar-refractivity contribution in [3.63, 3.8) is 0 Å². The number of hydrogen-bond donors (Lipinski definition) is 0. The summed E-state index contributed by atoms with van der Waals surface area (Å²) in [5, 5.41) is 13.6. The maximum atomic E-state index is 9.24. The molecule has 0 spiro atoms. The first-order valence-electron chi connectivity index (χ1n) is 7.34. The molecule has 0 unspecified atom stereocenters. The molecule has 0 fully saturated rings. The third kappa shape index (κ3) is 2.82. The van der Waals surface area contributed by atoms with E-state index in [4.69, 9.17) is 4.74 Å². The fourth-order valence-corrected chi connectivity index (χ4v) is 2.53. The van der Waals surface area contributed by atoms with Crippen molar-refractivity contribution in [3.8, 4) is 28.8 Å². The van der Waals surface area contributed by atoms with E-state index in [9.17, 15) is 5.26 Å². The maximum Gasteiger partial charge on any atom is 0.163 e. The Hall–Kier alpha value is -3.06. The highest BCUT2D eigenvalue weighted by Gasteiger charge is 2.15. The molecular weight excluding hydrogens is 286 g/mol. The molecule has 0 aliphatic heterocycles. The van der Waals surface area contributed by atoms with Gasteiger partial charge in [-0.15, -0.1) is 0 Å². The zero-order valence-corrected chi connectivity index (χ0v) is 13.4. The number of nitrogens with zero attached hydrogens (tertiary/aromatic N) is 3. The predicted octanol–water partition coefficient (Wildman–Crippen LogP) is 4.04. The highest BCUT2D eigenvalue weighted by atomic mass is 16.5. The average molecular weight is 303 g/mol. The van der Waals surface area contributed by atoms with Crippen molar-refractivity contribution in [2.75, 3.05) is 7.11 Å². The van der Waals surface area contributed by atoms with Crippen molar-refractivity contribution >= 4 is 0 Å². The minimum absolute atomic E-state index is 0.379. The number of ether oxygens (including phenoxy) is 1. The first-order chi connectivity index (χ1) is 11.1. The maximum absolute atomic E-state index is 9.24. The van der Waals surface area contributed by atoms with Crippen molar-refractivity contribution in [1.82, 2.24) is 9.78 Å². The normalized spacial score (nSPS) is 10.3. The number of methoxy groups -OCH3 is 1. The van der Waals surface area contributed by atoms with Gasteiger partial charge in [-0.05, 0) is 38.1 Å². The molecule has 0 atom stereocenters.